The second kappa shape index (κ2) is 11.6. The molecule has 1 aromatic heterocycles. The summed E-state index contributed by atoms with van der Waals surface area (Å²) in [6.07, 6.45) is 3.24. The molecule has 9 heteroatoms. The van der Waals surface area contributed by atoms with E-state index in [0.717, 1.165) is 33.6 Å². The molecule has 3 heterocycles. The first-order valence-corrected chi connectivity index (χ1v) is 14.4. The van der Waals surface area contributed by atoms with Crippen LogP contribution in [0.3, 0.4) is 0 Å². The van der Waals surface area contributed by atoms with Gasteiger partial charge in [0.25, 0.3) is 0 Å². The van der Waals surface area contributed by atoms with Crippen molar-refractivity contribution < 1.29 is 9.90 Å². The van der Waals surface area contributed by atoms with E-state index in [1.54, 1.807) is 9.80 Å². The number of piperazine rings is 1. The highest BCUT2D eigenvalue weighted by molar-refractivity contribution is 6.05. The van der Waals surface area contributed by atoms with Gasteiger partial charge in [0.2, 0.25) is 0 Å². The van der Waals surface area contributed by atoms with Crippen LogP contribution in [0.4, 0.5) is 16.2 Å². The molecule has 9 nitrogen and oxygen atoms in total. The number of carbonyl (C=O) groups excluding carboxylic acids is 1. The number of amides is 2. The number of H-pyrrole nitrogens is 1. The number of rotatable bonds is 5. The maximum atomic E-state index is 14.6. The predicted octanol–water partition coefficient (Wildman–Crippen LogP) is 5.45. The normalized spacial score (nSPS) is 17.3. The second-order valence-corrected chi connectivity index (χ2v) is 10.8. The molecule has 5 aromatic rings. The van der Waals surface area contributed by atoms with Crippen molar-refractivity contribution in [1.29, 1.82) is 0 Å². The molecule has 0 spiro atoms. The number of nitrogens with one attached hydrogen (secondary N) is 1. The summed E-state index contributed by atoms with van der Waals surface area (Å²) in [5, 5.41) is 26.9. The number of aliphatic hydroxyl groups is 1. The molecule has 0 saturated carbocycles. The Balaban J connectivity index is 1.24. The van der Waals surface area contributed by atoms with E-state index < -0.39 is 12.3 Å². The van der Waals surface area contributed by atoms with Gasteiger partial charge in [-0.2, -0.15) is 5.21 Å². The SMILES string of the molecule is O=C(N1c2ccccc2C=Cc2ccccc21)N1CCN(C(O)C(c2ccccc2)c2ccccc2)C[C@H]1c1nn[nH]n1. The number of anilines is 2. The number of para-hydroxylation sites is 2. The van der Waals surface area contributed by atoms with E-state index in [9.17, 15) is 9.90 Å². The van der Waals surface area contributed by atoms with Crippen molar-refractivity contribution in [3.8, 4) is 0 Å². The van der Waals surface area contributed by atoms with Gasteiger partial charge in [0, 0.05) is 25.6 Å². The molecule has 2 amide bonds. The minimum atomic E-state index is -0.847. The lowest BCUT2D eigenvalue weighted by Gasteiger charge is -2.45. The van der Waals surface area contributed by atoms with Crippen LogP contribution in [0.2, 0.25) is 0 Å². The predicted molar refractivity (Wildman–Crippen MR) is 165 cm³/mol. The molecule has 0 bridgehead atoms. The molecule has 2 atom stereocenters. The number of aromatic amines is 1. The van der Waals surface area contributed by atoms with Crippen LogP contribution in [0, 0.1) is 0 Å². The van der Waals surface area contributed by atoms with Crippen LogP contribution in [0.5, 0.6) is 0 Å². The van der Waals surface area contributed by atoms with E-state index in [1.165, 1.54) is 0 Å². The fourth-order valence-corrected chi connectivity index (χ4v) is 6.18. The van der Waals surface area contributed by atoms with Gasteiger partial charge in [-0.05, 0) is 34.4 Å². The van der Waals surface area contributed by atoms with Crippen molar-refractivity contribution in [3.63, 3.8) is 0 Å². The Morgan fingerprint density at radius 2 is 1.33 bits per heavy atom. The zero-order chi connectivity index (χ0) is 29.2. The van der Waals surface area contributed by atoms with Crippen molar-refractivity contribution in [1.82, 2.24) is 30.4 Å². The second-order valence-electron chi connectivity index (χ2n) is 10.8. The van der Waals surface area contributed by atoms with E-state index in [4.69, 9.17) is 0 Å². The van der Waals surface area contributed by atoms with Gasteiger partial charge in [-0.25, -0.2) is 4.79 Å². The van der Waals surface area contributed by atoms with Crippen LogP contribution >= 0.6 is 0 Å². The van der Waals surface area contributed by atoms with Gasteiger partial charge in [0.1, 0.15) is 12.3 Å². The van der Waals surface area contributed by atoms with Gasteiger partial charge in [-0.1, -0.05) is 114 Å². The summed E-state index contributed by atoms with van der Waals surface area (Å²) >= 11 is 0. The molecule has 7 rings (SSSR count). The Bertz CT molecular complexity index is 1640. The molecule has 214 valence electrons. The Morgan fingerprint density at radius 1 is 0.767 bits per heavy atom. The fourth-order valence-electron chi connectivity index (χ4n) is 6.18. The van der Waals surface area contributed by atoms with Gasteiger partial charge < -0.3 is 10.0 Å². The number of hydrogen-bond acceptors (Lipinski definition) is 6. The number of hydrogen-bond donors (Lipinski definition) is 2. The molecule has 4 aromatic carbocycles. The van der Waals surface area contributed by atoms with Crippen molar-refractivity contribution in [2.24, 2.45) is 0 Å². The van der Waals surface area contributed by atoms with Crippen molar-refractivity contribution >= 4 is 29.6 Å². The van der Waals surface area contributed by atoms with E-state index >= 15 is 0 Å². The first-order valence-electron chi connectivity index (χ1n) is 14.4. The Labute approximate surface area is 249 Å². The first-order chi connectivity index (χ1) is 21.2. The molecule has 1 unspecified atom stereocenters. The topological polar surface area (TPSA) is 101 Å². The zero-order valence-electron chi connectivity index (χ0n) is 23.4. The first kappa shape index (κ1) is 26.8. The summed E-state index contributed by atoms with van der Waals surface area (Å²) in [7, 11) is 0. The fraction of sp³-hybridized carbons (Fsp3) is 0.176. The van der Waals surface area contributed by atoms with Gasteiger partial charge in [-0.15, -0.1) is 10.2 Å². The number of fused-ring (bicyclic) bond motifs is 2. The summed E-state index contributed by atoms with van der Waals surface area (Å²) < 4.78 is 0. The Morgan fingerprint density at radius 3 is 1.88 bits per heavy atom. The van der Waals surface area contributed by atoms with E-state index in [2.05, 4.69) is 20.6 Å². The number of benzene rings is 4. The summed E-state index contributed by atoms with van der Waals surface area (Å²) in [6.45, 7) is 1.16. The molecule has 1 saturated heterocycles. The average Bonchev–Trinajstić information content (AvgIpc) is 3.55. The van der Waals surface area contributed by atoms with Crippen molar-refractivity contribution in [2.45, 2.75) is 18.2 Å². The standard InChI is InChI=1S/C34H31N7O2/c42-33(31(26-13-3-1-4-14-26)27-15-5-2-6-16-27)39-21-22-40(30(23-39)32-35-37-38-36-32)34(43)41-28-17-9-7-11-24(28)19-20-25-12-8-10-18-29(25)41/h1-20,30-31,33,42H,21-23H2,(H,35,36,37,38)/t30-,33?/m0/s1. The van der Waals surface area contributed by atoms with E-state index in [0.29, 0.717) is 25.5 Å². The molecule has 2 aliphatic rings. The molecule has 0 radical (unpaired) electrons. The number of aliphatic hydroxyl groups excluding tert-OH is 1. The maximum absolute atomic E-state index is 14.6. The lowest BCUT2D eigenvalue weighted by Crippen LogP contribution is -2.57. The largest absolute Gasteiger partial charge is 0.377 e. The summed E-state index contributed by atoms with van der Waals surface area (Å²) in [4.78, 5) is 20.2. The Kier molecular flexibility index (Phi) is 7.24. The molecule has 43 heavy (non-hydrogen) atoms. The van der Waals surface area contributed by atoms with Crippen LogP contribution in [0.25, 0.3) is 12.2 Å². The monoisotopic (exact) mass is 569 g/mol. The highest BCUT2D eigenvalue weighted by atomic mass is 16.3. The van der Waals surface area contributed by atoms with Gasteiger partial charge >= 0.3 is 6.03 Å². The van der Waals surface area contributed by atoms with E-state index in [1.807, 2.05) is 126 Å². The van der Waals surface area contributed by atoms with Gasteiger partial charge in [0.15, 0.2) is 5.82 Å². The molecule has 2 aliphatic heterocycles. The molecular formula is C34H31N7O2. The minimum Gasteiger partial charge on any atom is -0.377 e. The van der Waals surface area contributed by atoms with Crippen LogP contribution < -0.4 is 4.90 Å². The quantitative estimate of drug-likeness (QED) is 0.292. The van der Waals surface area contributed by atoms with Crippen LogP contribution in [0.1, 0.15) is 40.0 Å². The summed E-state index contributed by atoms with van der Waals surface area (Å²) in [5.74, 6) is 0.113. The van der Waals surface area contributed by atoms with Crippen molar-refractivity contribution in [3.05, 3.63) is 137 Å². The van der Waals surface area contributed by atoms with Crippen LogP contribution in [0.15, 0.2) is 109 Å². The number of aromatic nitrogens is 4. The van der Waals surface area contributed by atoms with Gasteiger partial charge in [0.05, 0.1) is 11.4 Å². The highest BCUT2D eigenvalue weighted by Gasteiger charge is 2.41. The lowest BCUT2D eigenvalue weighted by molar-refractivity contribution is -0.0454. The summed E-state index contributed by atoms with van der Waals surface area (Å²) in [5.41, 5.74) is 5.53. The van der Waals surface area contributed by atoms with Gasteiger partial charge in [-0.3, -0.25) is 9.80 Å². The van der Waals surface area contributed by atoms with Crippen LogP contribution in [-0.4, -0.2) is 67.4 Å². The van der Waals surface area contributed by atoms with Crippen LogP contribution in [-0.2, 0) is 0 Å². The lowest BCUT2D eigenvalue weighted by atomic mass is 9.88. The molecule has 2 N–H and O–H groups in total. The zero-order valence-corrected chi connectivity index (χ0v) is 23.4. The minimum absolute atomic E-state index is 0.185. The Hall–Kier alpha value is -5.12. The molecular weight excluding hydrogens is 538 g/mol. The third kappa shape index (κ3) is 5.09. The summed E-state index contributed by atoms with van der Waals surface area (Å²) in [6, 6.07) is 35.1. The van der Waals surface area contributed by atoms with E-state index in [-0.39, 0.29) is 11.9 Å². The third-order valence-corrected chi connectivity index (χ3v) is 8.30. The maximum Gasteiger partial charge on any atom is 0.329 e. The molecule has 1 fully saturated rings. The average molecular weight is 570 g/mol. The highest BCUT2D eigenvalue weighted by Crippen LogP contribution is 2.39. The number of nitrogens with zero attached hydrogens (tertiary/aromatic N) is 6. The smallest absolute Gasteiger partial charge is 0.329 e. The number of carbonyl (C=O) groups is 1. The number of tetrazole rings is 1. The number of urea groups is 1. The van der Waals surface area contributed by atoms with Crippen molar-refractivity contribution in [2.75, 3.05) is 24.5 Å². The third-order valence-electron chi connectivity index (χ3n) is 8.30. The molecule has 0 aliphatic carbocycles.